The van der Waals surface area contributed by atoms with Crippen molar-refractivity contribution in [2.75, 3.05) is 0 Å². The van der Waals surface area contributed by atoms with Gasteiger partial charge in [0.05, 0.1) is 4.92 Å². The Balaban J connectivity index is 2.47. The van der Waals surface area contributed by atoms with Crippen LogP contribution in [0.5, 0.6) is 11.6 Å². The average molecular weight is 308 g/mol. The lowest BCUT2D eigenvalue weighted by Gasteiger charge is -2.12. The third-order valence-electron chi connectivity index (χ3n) is 2.84. The monoisotopic (exact) mass is 307 g/mol. The molecule has 1 heterocycles. The molecule has 0 fully saturated rings. The van der Waals surface area contributed by atoms with E-state index in [9.17, 15) is 10.1 Å². The largest absolute Gasteiger partial charge is 0.431 e. The fourth-order valence-corrected chi connectivity index (χ4v) is 1.81. The Hall–Kier alpha value is -2.21. The maximum absolute atomic E-state index is 11.0. The Labute approximate surface area is 126 Å². The van der Waals surface area contributed by atoms with Crippen LogP contribution in [-0.2, 0) is 0 Å². The maximum Gasteiger partial charge on any atom is 0.311 e. The van der Waals surface area contributed by atoms with Gasteiger partial charge in [-0.25, -0.2) is 4.98 Å². The molecule has 1 aromatic heterocycles. The highest BCUT2D eigenvalue weighted by Gasteiger charge is 2.18. The molecule has 0 aliphatic heterocycles. The van der Waals surface area contributed by atoms with E-state index in [4.69, 9.17) is 16.3 Å². The molecule has 0 bridgehead atoms. The molecule has 2 aromatic rings. The van der Waals surface area contributed by atoms with Gasteiger partial charge in [0, 0.05) is 17.5 Å². The van der Waals surface area contributed by atoms with Gasteiger partial charge in [0.2, 0.25) is 11.6 Å². The highest BCUT2D eigenvalue weighted by molar-refractivity contribution is 6.30. The van der Waals surface area contributed by atoms with Gasteiger partial charge in [-0.1, -0.05) is 37.6 Å². The fraction of sp³-hybridized carbons (Fsp3) is 0.286. The van der Waals surface area contributed by atoms with Crippen molar-refractivity contribution in [3.8, 4) is 11.6 Å². The van der Waals surface area contributed by atoms with Crippen LogP contribution in [0.25, 0.3) is 0 Å². The number of nitro groups is 1. The molecule has 0 aliphatic rings. The molecule has 0 radical (unpaired) electrons. The molecular weight excluding hydrogens is 294 g/mol. The van der Waals surface area contributed by atoms with E-state index in [-0.39, 0.29) is 28.4 Å². The summed E-state index contributed by atoms with van der Waals surface area (Å²) < 4.78 is 5.60. The second-order valence-electron chi connectivity index (χ2n) is 4.78. The molecular formula is C14H14ClN3O3. The van der Waals surface area contributed by atoms with Crippen molar-refractivity contribution >= 4 is 17.3 Å². The molecule has 0 amide bonds. The zero-order chi connectivity index (χ0) is 15.6. The predicted octanol–water partition coefficient (Wildman–Crippen LogP) is 4.26. The molecule has 7 heteroatoms. The van der Waals surface area contributed by atoms with Gasteiger partial charge in [-0.2, -0.15) is 4.98 Å². The Bertz CT molecular complexity index is 689. The minimum absolute atomic E-state index is 0.0659. The summed E-state index contributed by atoms with van der Waals surface area (Å²) >= 11 is 6.07. The summed E-state index contributed by atoms with van der Waals surface area (Å²) in [5.74, 6) is 0.943. The second kappa shape index (κ2) is 6.05. The molecule has 6 nitrogen and oxygen atoms in total. The zero-order valence-electron chi connectivity index (χ0n) is 11.8. The van der Waals surface area contributed by atoms with Gasteiger partial charge in [-0.15, -0.1) is 0 Å². The molecule has 0 aliphatic carbocycles. The van der Waals surface area contributed by atoms with Crippen LogP contribution >= 0.6 is 11.6 Å². The average Bonchev–Trinajstić information content (AvgIpc) is 2.43. The molecule has 0 saturated heterocycles. The lowest BCUT2D eigenvalue weighted by atomic mass is 10.2. The van der Waals surface area contributed by atoms with Crippen molar-refractivity contribution < 1.29 is 9.66 Å². The molecule has 110 valence electrons. The summed E-state index contributed by atoms with van der Waals surface area (Å²) in [5, 5.41) is 11.3. The highest BCUT2D eigenvalue weighted by atomic mass is 35.5. The minimum atomic E-state index is -0.503. The highest BCUT2D eigenvalue weighted by Crippen LogP contribution is 2.33. The third-order valence-corrected chi connectivity index (χ3v) is 3.21. The predicted molar refractivity (Wildman–Crippen MR) is 79.0 cm³/mol. The number of para-hydroxylation sites is 2. The number of benzene rings is 1. The number of nitrogens with zero attached hydrogens (tertiary/aromatic N) is 3. The van der Waals surface area contributed by atoms with Crippen LogP contribution in [0, 0.1) is 17.0 Å². The van der Waals surface area contributed by atoms with Gasteiger partial charge in [0.25, 0.3) is 0 Å². The number of aromatic nitrogens is 2. The summed E-state index contributed by atoms with van der Waals surface area (Å²) in [4.78, 5) is 19.0. The van der Waals surface area contributed by atoms with E-state index in [1.165, 1.54) is 12.1 Å². The molecule has 0 spiro atoms. The lowest BCUT2D eigenvalue weighted by Crippen LogP contribution is -2.03. The molecule has 1 aromatic carbocycles. The summed E-state index contributed by atoms with van der Waals surface area (Å²) in [6, 6.07) is 6.12. The lowest BCUT2D eigenvalue weighted by molar-refractivity contribution is -0.385. The van der Waals surface area contributed by atoms with Gasteiger partial charge < -0.3 is 4.74 Å². The molecule has 0 saturated carbocycles. The van der Waals surface area contributed by atoms with Gasteiger partial charge in [0.15, 0.2) is 0 Å². The van der Waals surface area contributed by atoms with E-state index in [0.29, 0.717) is 11.4 Å². The number of hydrogen-bond donors (Lipinski definition) is 0. The number of hydrogen-bond acceptors (Lipinski definition) is 5. The van der Waals surface area contributed by atoms with Crippen LogP contribution in [-0.4, -0.2) is 14.9 Å². The smallest absolute Gasteiger partial charge is 0.311 e. The van der Waals surface area contributed by atoms with E-state index in [0.717, 1.165) is 0 Å². The van der Waals surface area contributed by atoms with Gasteiger partial charge in [0.1, 0.15) is 11.0 Å². The van der Waals surface area contributed by atoms with E-state index >= 15 is 0 Å². The van der Waals surface area contributed by atoms with Crippen molar-refractivity contribution in [2.45, 2.75) is 26.7 Å². The summed E-state index contributed by atoms with van der Waals surface area (Å²) in [6.45, 7) is 5.56. The van der Waals surface area contributed by atoms with Crippen LogP contribution in [0.3, 0.4) is 0 Å². The third kappa shape index (κ3) is 3.28. The molecule has 2 rings (SSSR count). The fourth-order valence-electron chi connectivity index (χ4n) is 1.64. The number of halogens is 1. The SMILES string of the molecule is Cc1c(Cl)nc(C(C)C)nc1Oc1ccccc1[N+](=O)[O-]. The Kier molecular flexibility index (Phi) is 4.37. The minimum Gasteiger partial charge on any atom is -0.431 e. The zero-order valence-corrected chi connectivity index (χ0v) is 12.6. The normalized spacial score (nSPS) is 10.7. The van der Waals surface area contributed by atoms with Crippen LogP contribution in [0.4, 0.5) is 5.69 Å². The molecule has 0 atom stereocenters. The number of nitro benzene ring substituents is 1. The van der Waals surface area contributed by atoms with Crippen molar-refractivity contribution in [3.63, 3.8) is 0 Å². The first-order chi connectivity index (χ1) is 9.90. The Morgan fingerprint density at radius 3 is 2.57 bits per heavy atom. The van der Waals surface area contributed by atoms with Gasteiger partial charge in [-0.05, 0) is 13.0 Å². The van der Waals surface area contributed by atoms with Crippen molar-refractivity contribution in [3.05, 3.63) is 50.9 Å². The van der Waals surface area contributed by atoms with Crippen molar-refractivity contribution in [2.24, 2.45) is 0 Å². The number of rotatable bonds is 4. The van der Waals surface area contributed by atoms with Crippen molar-refractivity contribution in [1.82, 2.24) is 9.97 Å². The van der Waals surface area contributed by atoms with Crippen LogP contribution in [0.2, 0.25) is 5.15 Å². The first-order valence-corrected chi connectivity index (χ1v) is 6.73. The standard InChI is InChI=1S/C14H14ClN3O3/c1-8(2)13-16-12(15)9(3)14(17-13)21-11-7-5-4-6-10(11)18(19)20/h4-8H,1-3H3. The second-order valence-corrected chi connectivity index (χ2v) is 5.14. The molecule has 21 heavy (non-hydrogen) atoms. The van der Waals surface area contributed by atoms with Crippen LogP contribution < -0.4 is 4.74 Å². The topological polar surface area (TPSA) is 78.2 Å². The quantitative estimate of drug-likeness (QED) is 0.479. The Morgan fingerprint density at radius 1 is 1.29 bits per heavy atom. The summed E-state index contributed by atoms with van der Waals surface area (Å²) in [7, 11) is 0. The molecule has 0 unspecified atom stereocenters. The first kappa shape index (κ1) is 15.2. The Morgan fingerprint density at radius 2 is 1.95 bits per heavy atom. The van der Waals surface area contributed by atoms with Gasteiger partial charge >= 0.3 is 5.69 Å². The number of ether oxygens (including phenoxy) is 1. The summed E-state index contributed by atoms with van der Waals surface area (Å²) in [5.41, 5.74) is 0.414. The van der Waals surface area contributed by atoms with Crippen LogP contribution in [0.15, 0.2) is 24.3 Å². The summed E-state index contributed by atoms with van der Waals surface area (Å²) in [6.07, 6.45) is 0. The van der Waals surface area contributed by atoms with Gasteiger partial charge in [-0.3, -0.25) is 10.1 Å². The molecule has 0 N–H and O–H groups in total. The van der Waals surface area contributed by atoms with E-state index < -0.39 is 4.92 Å². The van der Waals surface area contributed by atoms with Crippen LogP contribution in [0.1, 0.15) is 31.2 Å². The van der Waals surface area contributed by atoms with E-state index in [1.807, 2.05) is 13.8 Å². The van der Waals surface area contributed by atoms with E-state index in [2.05, 4.69) is 9.97 Å². The van der Waals surface area contributed by atoms with Crippen molar-refractivity contribution in [1.29, 1.82) is 0 Å². The van der Waals surface area contributed by atoms with E-state index in [1.54, 1.807) is 19.1 Å². The maximum atomic E-state index is 11.0. The first-order valence-electron chi connectivity index (χ1n) is 6.35.